The zero-order valence-electron chi connectivity index (χ0n) is 31.8. The van der Waals surface area contributed by atoms with Gasteiger partial charge in [0.25, 0.3) is 0 Å². The molecule has 0 fully saturated rings. The molecule has 0 radical (unpaired) electrons. The lowest BCUT2D eigenvalue weighted by Gasteiger charge is -2.26. The molecule has 0 bridgehead atoms. The predicted octanol–water partition coefficient (Wildman–Crippen LogP) is 10.8. The zero-order valence-corrected chi connectivity index (χ0v) is 31.8. The molecule has 1 unspecified atom stereocenters. The van der Waals surface area contributed by atoms with Crippen LogP contribution in [-0.4, -0.2) is 54.7 Å². The Morgan fingerprint density at radius 2 is 1.27 bits per heavy atom. The fourth-order valence-corrected chi connectivity index (χ4v) is 6.09. The van der Waals surface area contributed by atoms with Crippen molar-refractivity contribution in [1.29, 1.82) is 0 Å². The Balaban J connectivity index is 1.84. The van der Waals surface area contributed by atoms with Gasteiger partial charge in [0.05, 0.1) is 35.4 Å². The third-order valence-corrected chi connectivity index (χ3v) is 9.08. The monoisotopic (exact) mass is 720 g/mol. The third kappa shape index (κ3) is 14.5. The number of hydrogen-bond donors (Lipinski definition) is 2. The molecular formula is C40H60N6O6. The van der Waals surface area contributed by atoms with Gasteiger partial charge in [0, 0.05) is 43.4 Å². The van der Waals surface area contributed by atoms with Crippen LogP contribution in [0.15, 0.2) is 74.3 Å². The van der Waals surface area contributed by atoms with E-state index in [1.165, 1.54) is 88.8 Å². The number of aliphatic hydroxyl groups excluding tert-OH is 2. The molecule has 0 amide bonds. The molecule has 0 saturated heterocycles. The summed E-state index contributed by atoms with van der Waals surface area (Å²) >= 11 is 0. The average molecular weight is 721 g/mol. The van der Waals surface area contributed by atoms with Crippen LogP contribution in [0.5, 0.6) is 11.5 Å². The second-order valence-electron chi connectivity index (χ2n) is 13.4. The summed E-state index contributed by atoms with van der Waals surface area (Å²) in [6, 6.07) is 9.54. The quantitative estimate of drug-likeness (QED) is 0.0424. The van der Waals surface area contributed by atoms with Crippen molar-refractivity contribution in [3.05, 3.63) is 69.6 Å². The Hall–Kier alpha value is -4.16. The maximum Gasteiger partial charge on any atom is 0.249 e. The normalized spacial score (nSPS) is 14.5. The van der Waals surface area contributed by atoms with E-state index in [1.807, 2.05) is 13.0 Å². The Labute approximate surface area is 309 Å². The van der Waals surface area contributed by atoms with Gasteiger partial charge in [0.15, 0.2) is 0 Å². The van der Waals surface area contributed by atoms with E-state index in [4.69, 9.17) is 9.47 Å². The molecule has 0 saturated carbocycles. The summed E-state index contributed by atoms with van der Waals surface area (Å²) in [6.45, 7) is 10.0. The summed E-state index contributed by atoms with van der Waals surface area (Å²) < 4.78 is 11.6. The topological polar surface area (TPSA) is 155 Å². The van der Waals surface area contributed by atoms with Gasteiger partial charge in [-0.1, -0.05) is 85.0 Å². The number of aryl methyl sites for hydroxylation is 1. The summed E-state index contributed by atoms with van der Waals surface area (Å²) in [7, 11) is 0. The van der Waals surface area contributed by atoms with E-state index in [1.54, 1.807) is 25.1 Å². The minimum absolute atomic E-state index is 0.0131. The zero-order chi connectivity index (χ0) is 37.6. The first kappa shape index (κ1) is 42.3. The lowest BCUT2D eigenvalue weighted by molar-refractivity contribution is -0.433. The van der Waals surface area contributed by atoms with Crippen LogP contribution >= 0.6 is 0 Å². The lowest BCUT2D eigenvalue weighted by Crippen LogP contribution is -2.25. The Kier molecular flexibility index (Phi) is 19.6. The van der Waals surface area contributed by atoms with Gasteiger partial charge in [-0.05, 0) is 49.6 Å². The van der Waals surface area contributed by atoms with Gasteiger partial charge in [-0.3, -0.25) is 10.1 Å². The molecule has 12 nitrogen and oxygen atoms in total. The smallest absolute Gasteiger partial charge is 0.249 e. The number of allylic oxidation sites excluding steroid dienone is 4. The number of hydrogen-bond acceptors (Lipinski definition) is 11. The van der Waals surface area contributed by atoms with Crippen molar-refractivity contribution in [1.82, 2.24) is 0 Å². The molecule has 52 heavy (non-hydrogen) atoms. The molecule has 0 heterocycles. The fourth-order valence-electron chi connectivity index (χ4n) is 6.09. The van der Waals surface area contributed by atoms with E-state index >= 15 is 0 Å². The van der Waals surface area contributed by atoms with E-state index in [2.05, 4.69) is 51.3 Å². The first-order valence-electron chi connectivity index (χ1n) is 19.2. The molecule has 2 aromatic rings. The number of azo groups is 2. The number of unbranched alkanes of at least 4 members (excludes halogenated alkanes) is 10. The van der Waals surface area contributed by atoms with Crippen molar-refractivity contribution in [2.24, 2.45) is 26.4 Å². The van der Waals surface area contributed by atoms with Crippen molar-refractivity contribution in [2.45, 2.75) is 111 Å². The van der Waals surface area contributed by atoms with Crippen molar-refractivity contribution < 1.29 is 24.6 Å². The lowest BCUT2D eigenvalue weighted by atomic mass is 9.97. The van der Waals surface area contributed by atoms with Crippen LogP contribution in [0.2, 0.25) is 0 Å². The number of rotatable bonds is 26. The summed E-state index contributed by atoms with van der Waals surface area (Å²) in [6.07, 6.45) is 18.6. The van der Waals surface area contributed by atoms with E-state index in [9.17, 15) is 20.3 Å². The molecule has 3 rings (SSSR count). The minimum Gasteiger partial charge on any atom is -0.489 e. The van der Waals surface area contributed by atoms with Gasteiger partial charge in [-0.2, -0.15) is 10.2 Å². The van der Waals surface area contributed by atoms with Crippen LogP contribution in [0.4, 0.5) is 22.7 Å². The molecule has 1 aliphatic rings. The number of ether oxygens (including phenoxy) is 2. The average Bonchev–Trinajstić information content (AvgIpc) is 3.13. The van der Waals surface area contributed by atoms with Gasteiger partial charge in [-0.25, -0.2) is 0 Å². The Morgan fingerprint density at radius 1 is 0.750 bits per heavy atom. The summed E-state index contributed by atoms with van der Waals surface area (Å²) in [5.41, 5.74) is 4.30. The molecule has 12 heteroatoms. The van der Waals surface area contributed by atoms with Crippen molar-refractivity contribution in [3.63, 3.8) is 0 Å². The van der Waals surface area contributed by atoms with Crippen LogP contribution in [-0.2, 0) is 0 Å². The predicted molar refractivity (Wildman–Crippen MR) is 207 cm³/mol. The van der Waals surface area contributed by atoms with Gasteiger partial charge >= 0.3 is 0 Å². The molecule has 0 aliphatic heterocycles. The molecule has 1 aliphatic carbocycles. The summed E-state index contributed by atoms with van der Waals surface area (Å²) in [5.74, 6) is 0.315. The molecule has 0 aromatic heterocycles. The largest absolute Gasteiger partial charge is 0.489 e. The van der Waals surface area contributed by atoms with Crippen LogP contribution in [0, 0.1) is 23.0 Å². The molecule has 2 aromatic carbocycles. The van der Waals surface area contributed by atoms with E-state index in [0.29, 0.717) is 35.0 Å². The fraction of sp³-hybridized carbons (Fsp3) is 0.600. The third-order valence-electron chi connectivity index (χ3n) is 9.08. The highest BCUT2D eigenvalue weighted by Gasteiger charge is 2.24. The number of nitrogens with zero attached hydrogens (tertiary/aromatic N) is 6. The molecule has 286 valence electrons. The number of benzene rings is 2. The highest BCUT2D eigenvalue weighted by molar-refractivity contribution is 5.67. The van der Waals surface area contributed by atoms with E-state index < -0.39 is 0 Å². The van der Waals surface area contributed by atoms with Gasteiger partial charge in [0.1, 0.15) is 36.1 Å². The number of anilines is 1. The maximum atomic E-state index is 11.3. The minimum atomic E-state index is -0.382. The highest BCUT2D eigenvalue weighted by atomic mass is 16.6. The number of nitro groups is 1. The van der Waals surface area contributed by atoms with Gasteiger partial charge in [-0.15, -0.1) is 10.2 Å². The molecule has 1 atom stereocenters. The van der Waals surface area contributed by atoms with Crippen molar-refractivity contribution in [2.75, 3.05) is 44.4 Å². The van der Waals surface area contributed by atoms with Crippen LogP contribution < -0.4 is 14.4 Å². The second-order valence-corrected chi connectivity index (χ2v) is 13.4. The van der Waals surface area contributed by atoms with E-state index in [-0.39, 0.29) is 43.0 Å². The summed E-state index contributed by atoms with van der Waals surface area (Å²) in [4.78, 5) is 13.4. The first-order valence-corrected chi connectivity index (χ1v) is 19.2. The van der Waals surface area contributed by atoms with E-state index in [0.717, 1.165) is 24.3 Å². The van der Waals surface area contributed by atoms with Crippen LogP contribution in [0.3, 0.4) is 0 Å². The van der Waals surface area contributed by atoms with Gasteiger partial charge < -0.3 is 24.6 Å². The summed E-state index contributed by atoms with van der Waals surface area (Å²) in [5, 5.41) is 48.0. The molecular weight excluding hydrogens is 660 g/mol. The van der Waals surface area contributed by atoms with Crippen molar-refractivity contribution >= 4 is 22.7 Å². The van der Waals surface area contributed by atoms with Crippen LogP contribution in [0.1, 0.15) is 110 Å². The van der Waals surface area contributed by atoms with Gasteiger partial charge in [0.2, 0.25) is 5.70 Å². The van der Waals surface area contributed by atoms with Crippen molar-refractivity contribution in [3.8, 4) is 11.5 Å². The first-order chi connectivity index (χ1) is 25.3. The SMILES string of the molecule is CCCCCCCCN(CCCCCCCC)c1ccc(N=Nc2cc(OCCO)c(N=NC3=CC=C([N+](=O)[O-])C(C)C3)cc2OCCO)c(C)c1. The Morgan fingerprint density at radius 3 is 1.77 bits per heavy atom. The highest BCUT2D eigenvalue weighted by Crippen LogP contribution is 2.42. The maximum absolute atomic E-state index is 11.3. The Bertz CT molecular complexity index is 1490. The second kappa shape index (κ2) is 24.2. The van der Waals surface area contributed by atoms with Crippen LogP contribution in [0.25, 0.3) is 0 Å². The molecule has 0 spiro atoms. The molecule has 2 N–H and O–H groups in total. The standard InChI is InChI=1S/C40H60N6O6/c1-5-7-9-11-13-15-21-45(22-16-14-12-10-8-6-2)34-18-19-35(31(3)28-34)42-44-37-30-39(51-25-23-47)36(29-40(37)52-26-24-48)43-41-33-17-20-38(46(49)50)32(4)27-33/h17-20,28-30,32,47-48H,5-16,21-27H2,1-4H3. The number of aliphatic hydroxyl groups is 2.